The minimum Gasteiger partial charge on any atom is -0.0885 e. The molecular formula is C14H23. The Morgan fingerprint density at radius 2 is 1.00 bits per heavy atom. The summed E-state index contributed by atoms with van der Waals surface area (Å²) in [5.74, 6) is 0. The molecule has 0 aromatic carbocycles. The van der Waals surface area contributed by atoms with Gasteiger partial charge in [-0.1, -0.05) is 43.6 Å². The largest absolute Gasteiger partial charge is 0.0885 e. The zero-order valence-electron chi connectivity index (χ0n) is 9.25. The summed E-state index contributed by atoms with van der Waals surface area (Å²) in [5, 5.41) is 0. The lowest BCUT2D eigenvalue weighted by atomic mass is 10.1. The monoisotopic (exact) mass is 191 g/mol. The van der Waals surface area contributed by atoms with E-state index in [1.54, 1.807) is 0 Å². The van der Waals surface area contributed by atoms with Crippen LogP contribution in [0.3, 0.4) is 0 Å². The number of hydrogen-bond acceptors (Lipinski definition) is 0. The molecule has 1 radical (unpaired) electrons. The summed E-state index contributed by atoms with van der Waals surface area (Å²) in [6.07, 6.45) is 23.5. The highest BCUT2D eigenvalue weighted by atomic mass is 14.0. The molecule has 0 aliphatic heterocycles. The number of allylic oxidation sites excluding steroid dienone is 4. The zero-order chi connectivity index (χ0) is 9.90. The Bertz CT molecular complexity index is 145. The van der Waals surface area contributed by atoms with E-state index in [2.05, 4.69) is 30.7 Å². The number of hydrogen-bond donors (Lipinski definition) is 0. The first-order valence-corrected chi connectivity index (χ1v) is 6.12. The molecule has 1 aliphatic carbocycles. The molecule has 0 atom stereocenters. The summed E-state index contributed by atoms with van der Waals surface area (Å²) in [4.78, 5) is 0. The summed E-state index contributed by atoms with van der Waals surface area (Å²) >= 11 is 0. The van der Waals surface area contributed by atoms with Gasteiger partial charge in [-0.25, -0.2) is 0 Å². The van der Waals surface area contributed by atoms with E-state index >= 15 is 0 Å². The highest BCUT2D eigenvalue weighted by Gasteiger charge is 1.90. The molecule has 1 rings (SSSR count). The maximum absolute atomic E-state index is 2.45. The quantitative estimate of drug-likeness (QED) is 0.481. The Morgan fingerprint density at radius 3 is 1.79 bits per heavy atom. The normalized spacial score (nSPS) is 26.3. The van der Waals surface area contributed by atoms with Crippen molar-refractivity contribution in [3.8, 4) is 0 Å². The predicted molar refractivity (Wildman–Crippen MR) is 64.1 cm³/mol. The summed E-state index contributed by atoms with van der Waals surface area (Å²) in [7, 11) is 0. The van der Waals surface area contributed by atoms with E-state index < -0.39 is 0 Å². The minimum atomic E-state index is 1.22. The molecule has 0 amide bonds. The van der Waals surface area contributed by atoms with Gasteiger partial charge in [-0.2, -0.15) is 0 Å². The molecule has 0 fully saturated rings. The Morgan fingerprint density at radius 1 is 0.429 bits per heavy atom. The van der Waals surface area contributed by atoms with E-state index in [4.69, 9.17) is 0 Å². The van der Waals surface area contributed by atoms with Gasteiger partial charge in [0.2, 0.25) is 0 Å². The average Bonchev–Trinajstić information content (AvgIpc) is 2.22. The second-order valence-electron chi connectivity index (χ2n) is 4.02. The van der Waals surface area contributed by atoms with Gasteiger partial charge >= 0.3 is 0 Å². The van der Waals surface area contributed by atoms with Gasteiger partial charge in [-0.15, -0.1) is 0 Å². The van der Waals surface area contributed by atoms with E-state index in [0.717, 1.165) is 0 Å². The fraction of sp³-hybridized carbons (Fsp3) is 0.643. The molecule has 0 spiro atoms. The molecule has 0 unspecified atom stereocenters. The van der Waals surface area contributed by atoms with Crippen molar-refractivity contribution in [1.82, 2.24) is 0 Å². The van der Waals surface area contributed by atoms with Crippen LogP contribution in [-0.4, -0.2) is 0 Å². The Balaban J connectivity index is 2.17. The molecule has 14 heavy (non-hydrogen) atoms. The van der Waals surface area contributed by atoms with E-state index in [9.17, 15) is 0 Å². The van der Waals surface area contributed by atoms with Gasteiger partial charge in [0.05, 0.1) is 0 Å². The van der Waals surface area contributed by atoms with Gasteiger partial charge in [0.15, 0.2) is 0 Å². The standard InChI is InChI=1S/C14H23/c1-2-4-6-8-10-12-14-13-11-9-7-5-3-1/h1-2,7-9H,3-6,10-14H2/b2-1-,9-7+. The van der Waals surface area contributed by atoms with Crippen LogP contribution in [-0.2, 0) is 0 Å². The fourth-order valence-electron chi connectivity index (χ4n) is 1.75. The summed E-state index contributed by atoms with van der Waals surface area (Å²) < 4.78 is 0. The Hall–Kier alpha value is -0.520. The van der Waals surface area contributed by atoms with Gasteiger partial charge in [-0.3, -0.25) is 0 Å². The molecule has 0 saturated carbocycles. The molecular weight excluding hydrogens is 168 g/mol. The van der Waals surface area contributed by atoms with Crippen LogP contribution in [0.1, 0.15) is 57.8 Å². The maximum atomic E-state index is 2.45. The second-order valence-corrected chi connectivity index (χ2v) is 4.02. The van der Waals surface area contributed by atoms with Gasteiger partial charge in [0.1, 0.15) is 0 Å². The predicted octanol–water partition coefficient (Wildman–Crippen LogP) is 4.83. The minimum absolute atomic E-state index is 1.22. The van der Waals surface area contributed by atoms with Crippen LogP contribution in [0.25, 0.3) is 0 Å². The van der Waals surface area contributed by atoms with Crippen LogP contribution in [0.15, 0.2) is 24.3 Å². The molecule has 0 heterocycles. The van der Waals surface area contributed by atoms with Crippen molar-refractivity contribution in [1.29, 1.82) is 0 Å². The van der Waals surface area contributed by atoms with Crippen LogP contribution in [0.2, 0.25) is 0 Å². The molecule has 0 bridgehead atoms. The van der Waals surface area contributed by atoms with Crippen molar-refractivity contribution in [3.05, 3.63) is 30.7 Å². The van der Waals surface area contributed by atoms with Crippen LogP contribution >= 0.6 is 0 Å². The molecule has 0 nitrogen and oxygen atoms in total. The molecule has 0 aromatic rings. The van der Waals surface area contributed by atoms with Gasteiger partial charge in [0, 0.05) is 0 Å². The van der Waals surface area contributed by atoms with Crippen molar-refractivity contribution in [2.75, 3.05) is 0 Å². The van der Waals surface area contributed by atoms with Crippen molar-refractivity contribution in [2.45, 2.75) is 57.8 Å². The summed E-state index contributed by atoms with van der Waals surface area (Å²) in [6, 6.07) is 0. The number of rotatable bonds is 0. The SMILES string of the molecule is [CH]1CC/C=C\CC/C=C/CCCCC1. The third-order valence-corrected chi connectivity index (χ3v) is 2.65. The van der Waals surface area contributed by atoms with Gasteiger partial charge in [0.25, 0.3) is 0 Å². The molecule has 0 aromatic heterocycles. The molecule has 1 aliphatic rings. The molecule has 0 N–H and O–H groups in total. The van der Waals surface area contributed by atoms with Crippen LogP contribution in [0.5, 0.6) is 0 Å². The van der Waals surface area contributed by atoms with Crippen molar-refractivity contribution in [3.63, 3.8) is 0 Å². The third-order valence-electron chi connectivity index (χ3n) is 2.65. The summed E-state index contributed by atoms with van der Waals surface area (Å²) in [5.41, 5.74) is 0. The third kappa shape index (κ3) is 6.94. The fourth-order valence-corrected chi connectivity index (χ4v) is 1.75. The van der Waals surface area contributed by atoms with E-state index in [1.165, 1.54) is 57.8 Å². The lowest BCUT2D eigenvalue weighted by Gasteiger charge is -1.99. The topological polar surface area (TPSA) is 0 Å². The maximum Gasteiger partial charge on any atom is -0.0316 e. The summed E-state index contributed by atoms with van der Waals surface area (Å²) in [6.45, 7) is 0. The lowest BCUT2D eigenvalue weighted by molar-refractivity contribution is 0.667. The van der Waals surface area contributed by atoms with Crippen molar-refractivity contribution < 1.29 is 0 Å². The molecule has 0 saturated heterocycles. The zero-order valence-corrected chi connectivity index (χ0v) is 9.25. The first-order valence-electron chi connectivity index (χ1n) is 6.12. The lowest BCUT2D eigenvalue weighted by Crippen LogP contribution is -1.81. The highest BCUT2D eigenvalue weighted by Crippen LogP contribution is 2.09. The van der Waals surface area contributed by atoms with Gasteiger partial charge < -0.3 is 0 Å². The second kappa shape index (κ2) is 9.05. The molecule has 0 heteroatoms. The van der Waals surface area contributed by atoms with Gasteiger partial charge in [-0.05, 0) is 44.9 Å². The first kappa shape index (κ1) is 11.6. The van der Waals surface area contributed by atoms with E-state index in [1.807, 2.05) is 0 Å². The van der Waals surface area contributed by atoms with E-state index in [-0.39, 0.29) is 0 Å². The van der Waals surface area contributed by atoms with Crippen LogP contribution in [0, 0.1) is 6.42 Å². The van der Waals surface area contributed by atoms with Crippen molar-refractivity contribution >= 4 is 0 Å². The smallest absolute Gasteiger partial charge is 0.0316 e. The van der Waals surface area contributed by atoms with Crippen LogP contribution < -0.4 is 0 Å². The van der Waals surface area contributed by atoms with E-state index in [0.29, 0.717) is 0 Å². The Kier molecular flexibility index (Phi) is 7.47. The average molecular weight is 191 g/mol. The van der Waals surface area contributed by atoms with Crippen LogP contribution in [0.4, 0.5) is 0 Å². The van der Waals surface area contributed by atoms with Crippen molar-refractivity contribution in [2.24, 2.45) is 0 Å². The Labute approximate surface area is 89.1 Å². The molecule has 79 valence electrons. The highest BCUT2D eigenvalue weighted by molar-refractivity contribution is 4.89. The first-order chi connectivity index (χ1) is 7.00.